The number of carboxylic acids is 1. The first kappa shape index (κ1) is 18.8. The number of carboxylic acid groups (broad SMARTS) is 1. The van der Waals surface area contributed by atoms with E-state index >= 15 is 0 Å². The van der Waals surface area contributed by atoms with E-state index in [-0.39, 0.29) is 22.9 Å². The monoisotopic (exact) mass is 430 g/mol. The van der Waals surface area contributed by atoms with Gasteiger partial charge in [0.25, 0.3) is 0 Å². The van der Waals surface area contributed by atoms with Gasteiger partial charge in [-0.3, -0.25) is 9.59 Å². The predicted octanol–water partition coefficient (Wildman–Crippen LogP) is 3.77. The summed E-state index contributed by atoms with van der Waals surface area (Å²) in [6.07, 6.45) is 1.50. The van der Waals surface area contributed by atoms with Gasteiger partial charge >= 0.3 is 5.97 Å². The molecule has 0 bridgehead atoms. The number of Topliss-reactive ketones (excluding diaryl/α,β-unsaturated/α-hetero) is 2. The predicted molar refractivity (Wildman–Crippen MR) is 102 cm³/mol. The van der Waals surface area contributed by atoms with Crippen molar-refractivity contribution in [2.75, 3.05) is 13.2 Å². The minimum absolute atomic E-state index is 0.0681. The van der Waals surface area contributed by atoms with E-state index in [9.17, 15) is 14.4 Å². The molecule has 1 N–H and O–H groups in total. The van der Waals surface area contributed by atoms with Crippen molar-refractivity contribution in [1.82, 2.24) is 0 Å². The molecular weight excluding hydrogens is 416 g/mol. The Labute approximate surface area is 163 Å². The van der Waals surface area contributed by atoms with E-state index in [1.165, 1.54) is 6.08 Å². The van der Waals surface area contributed by atoms with Gasteiger partial charge in [0, 0.05) is 15.6 Å². The van der Waals surface area contributed by atoms with Crippen LogP contribution in [0.1, 0.15) is 33.2 Å². The number of fused-ring (bicyclic) bond motifs is 1. The molecular formula is C20H15BrO6. The van der Waals surface area contributed by atoms with Crippen LogP contribution in [-0.2, 0) is 4.79 Å². The van der Waals surface area contributed by atoms with Gasteiger partial charge < -0.3 is 14.6 Å². The molecule has 2 aromatic rings. The lowest BCUT2D eigenvalue weighted by atomic mass is 10.1. The SMILES string of the molecule is CCOc1cc(C=C2C(=O)c3ccccc3C2=O)c(Br)cc1OCC(=O)O. The molecule has 0 aliphatic heterocycles. The van der Waals surface area contributed by atoms with Gasteiger partial charge in [-0.2, -0.15) is 0 Å². The zero-order valence-corrected chi connectivity index (χ0v) is 15.9. The lowest BCUT2D eigenvalue weighted by Gasteiger charge is -2.13. The first-order valence-corrected chi connectivity index (χ1v) is 8.92. The molecule has 0 fully saturated rings. The third-order valence-corrected chi connectivity index (χ3v) is 4.61. The quantitative estimate of drug-likeness (QED) is 0.553. The first-order chi connectivity index (χ1) is 12.9. The fourth-order valence-corrected chi connectivity index (χ4v) is 3.18. The Morgan fingerprint density at radius 3 is 2.22 bits per heavy atom. The maximum absolute atomic E-state index is 12.6. The summed E-state index contributed by atoms with van der Waals surface area (Å²) >= 11 is 3.37. The second kappa shape index (κ2) is 7.75. The van der Waals surface area contributed by atoms with Gasteiger partial charge in [-0.05, 0) is 30.7 Å². The fourth-order valence-electron chi connectivity index (χ4n) is 2.74. The van der Waals surface area contributed by atoms with Gasteiger partial charge in [-0.15, -0.1) is 0 Å². The molecule has 7 heteroatoms. The first-order valence-electron chi connectivity index (χ1n) is 8.13. The summed E-state index contributed by atoms with van der Waals surface area (Å²) in [7, 11) is 0. The zero-order valence-electron chi connectivity index (χ0n) is 14.3. The fraction of sp³-hybridized carbons (Fsp3) is 0.150. The molecule has 0 heterocycles. The molecule has 1 aliphatic rings. The molecule has 138 valence electrons. The smallest absolute Gasteiger partial charge is 0.341 e. The van der Waals surface area contributed by atoms with Crippen molar-refractivity contribution >= 4 is 39.5 Å². The number of benzene rings is 2. The summed E-state index contributed by atoms with van der Waals surface area (Å²) in [6, 6.07) is 9.83. The molecule has 0 radical (unpaired) electrons. The molecule has 2 aromatic carbocycles. The summed E-state index contributed by atoms with van der Waals surface area (Å²) in [5.74, 6) is -1.19. The second-order valence-corrected chi connectivity index (χ2v) is 6.55. The van der Waals surface area contributed by atoms with Crippen molar-refractivity contribution in [3.8, 4) is 11.5 Å². The highest BCUT2D eigenvalue weighted by atomic mass is 79.9. The summed E-state index contributed by atoms with van der Waals surface area (Å²) in [5.41, 5.74) is 1.39. The molecule has 0 spiro atoms. The number of hydrogen-bond acceptors (Lipinski definition) is 5. The summed E-state index contributed by atoms with van der Waals surface area (Å²) in [6.45, 7) is 1.60. The third kappa shape index (κ3) is 3.78. The van der Waals surface area contributed by atoms with Crippen LogP contribution in [0.5, 0.6) is 11.5 Å². The second-order valence-electron chi connectivity index (χ2n) is 5.70. The van der Waals surface area contributed by atoms with Gasteiger partial charge in [0.1, 0.15) is 0 Å². The van der Waals surface area contributed by atoms with Gasteiger partial charge in [-0.25, -0.2) is 4.79 Å². The molecule has 27 heavy (non-hydrogen) atoms. The number of carbonyl (C=O) groups excluding carboxylic acids is 2. The van der Waals surface area contributed by atoms with Crippen LogP contribution in [0, 0.1) is 0 Å². The molecule has 0 atom stereocenters. The molecule has 0 aromatic heterocycles. The Hall–Kier alpha value is -2.93. The maximum atomic E-state index is 12.6. The van der Waals surface area contributed by atoms with Crippen molar-refractivity contribution < 1.29 is 29.0 Å². The molecule has 0 saturated heterocycles. The maximum Gasteiger partial charge on any atom is 0.341 e. The number of hydrogen-bond donors (Lipinski definition) is 1. The van der Waals surface area contributed by atoms with E-state index in [0.29, 0.717) is 33.5 Å². The lowest BCUT2D eigenvalue weighted by Crippen LogP contribution is -2.10. The number of carbonyl (C=O) groups is 3. The largest absolute Gasteiger partial charge is 0.490 e. The van der Waals surface area contributed by atoms with E-state index in [0.717, 1.165) is 0 Å². The highest BCUT2D eigenvalue weighted by molar-refractivity contribution is 9.10. The average molecular weight is 431 g/mol. The van der Waals surface area contributed by atoms with Gasteiger partial charge in [0.2, 0.25) is 0 Å². The Balaban J connectivity index is 2.01. The van der Waals surface area contributed by atoms with Crippen molar-refractivity contribution in [1.29, 1.82) is 0 Å². The molecule has 6 nitrogen and oxygen atoms in total. The van der Waals surface area contributed by atoms with Crippen LogP contribution in [0.3, 0.4) is 0 Å². The van der Waals surface area contributed by atoms with E-state index in [1.54, 1.807) is 43.3 Å². The van der Waals surface area contributed by atoms with E-state index in [4.69, 9.17) is 14.6 Å². The van der Waals surface area contributed by atoms with Crippen molar-refractivity contribution in [3.63, 3.8) is 0 Å². The van der Waals surface area contributed by atoms with Crippen LogP contribution in [0.2, 0.25) is 0 Å². The van der Waals surface area contributed by atoms with Crippen LogP contribution in [0.15, 0.2) is 46.4 Å². The minimum Gasteiger partial charge on any atom is -0.490 e. The topological polar surface area (TPSA) is 89.9 Å². The van der Waals surface area contributed by atoms with Crippen LogP contribution >= 0.6 is 15.9 Å². The van der Waals surface area contributed by atoms with Crippen LogP contribution in [-0.4, -0.2) is 35.9 Å². The van der Waals surface area contributed by atoms with Crippen LogP contribution in [0.4, 0.5) is 0 Å². The van der Waals surface area contributed by atoms with E-state index in [1.807, 2.05) is 0 Å². The number of ketones is 2. The number of rotatable bonds is 6. The standard InChI is InChI=1S/C20H15BrO6/c1-2-26-16-8-11(15(21)9-17(16)27-10-18(22)23)7-14-19(24)12-5-3-4-6-13(12)20(14)25/h3-9H,2,10H2,1H3,(H,22,23). The molecule has 0 saturated carbocycles. The highest BCUT2D eigenvalue weighted by Gasteiger charge is 2.32. The molecule has 3 rings (SSSR count). The number of halogens is 1. The van der Waals surface area contributed by atoms with Crippen LogP contribution in [0.25, 0.3) is 6.08 Å². The summed E-state index contributed by atoms with van der Waals surface area (Å²) in [5, 5.41) is 8.79. The summed E-state index contributed by atoms with van der Waals surface area (Å²) in [4.78, 5) is 35.8. The Bertz CT molecular complexity index is 939. The lowest BCUT2D eigenvalue weighted by molar-refractivity contribution is -0.139. The van der Waals surface area contributed by atoms with Gasteiger partial charge in [0.05, 0.1) is 12.2 Å². The molecule has 0 amide bonds. The molecule has 0 unspecified atom stereocenters. The number of allylic oxidation sites excluding steroid dienone is 1. The van der Waals surface area contributed by atoms with Crippen molar-refractivity contribution in [2.24, 2.45) is 0 Å². The normalized spacial score (nSPS) is 12.7. The van der Waals surface area contributed by atoms with E-state index < -0.39 is 12.6 Å². The van der Waals surface area contributed by atoms with Crippen molar-refractivity contribution in [2.45, 2.75) is 6.92 Å². The van der Waals surface area contributed by atoms with Crippen molar-refractivity contribution in [3.05, 3.63) is 63.1 Å². The number of ether oxygens (including phenoxy) is 2. The zero-order chi connectivity index (χ0) is 19.6. The highest BCUT2D eigenvalue weighted by Crippen LogP contribution is 2.36. The number of aliphatic carboxylic acids is 1. The van der Waals surface area contributed by atoms with Crippen LogP contribution < -0.4 is 9.47 Å². The van der Waals surface area contributed by atoms with Gasteiger partial charge in [-0.1, -0.05) is 40.2 Å². The third-order valence-electron chi connectivity index (χ3n) is 3.92. The Kier molecular flexibility index (Phi) is 5.41. The Morgan fingerprint density at radius 1 is 1.07 bits per heavy atom. The van der Waals surface area contributed by atoms with Gasteiger partial charge in [0.15, 0.2) is 29.7 Å². The average Bonchev–Trinajstić information content (AvgIpc) is 2.88. The Morgan fingerprint density at radius 2 is 1.67 bits per heavy atom. The minimum atomic E-state index is -1.11. The molecule has 1 aliphatic carbocycles. The summed E-state index contributed by atoms with van der Waals surface area (Å²) < 4.78 is 11.3. The van der Waals surface area contributed by atoms with E-state index in [2.05, 4.69) is 15.9 Å².